The van der Waals surface area contributed by atoms with Crippen LogP contribution in [0.25, 0.3) is 0 Å². The SMILES string of the molecule is O=S(=O)(CC1CCCNC1)Nc1cc(F)cc(F)c1. The summed E-state index contributed by atoms with van der Waals surface area (Å²) in [4.78, 5) is 0. The Hall–Kier alpha value is -1.21. The smallest absolute Gasteiger partial charge is 0.233 e. The van der Waals surface area contributed by atoms with Gasteiger partial charge in [-0.1, -0.05) is 0 Å². The molecule has 0 aromatic heterocycles. The number of halogens is 2. The third kappa shape index (κ3) is 4.43. The Morgan fingerprint density at radius 1 is 1.26 bits per heavy atom. The molecule has 106 valence electrons. The van der Waals surface area contributed by atoms with Crippen LogP contribution in [-0.2, 0) is 10.0 Å². The second-order valence-corrected chi connectivity index (χ2v) is 6.52. The van der Waals surface area contributed by atoms with E-state index in [1.807, 2.05) is 0 Å². The molecule has 0 radical (unpaired) electrons. The van der Waals surface area contributed by atoms with E-state index in [1.165, 1.54) is 0 Å². The first kappa shape index (κ1) is 14.2. The zero-order chi connectivity index (χ0) is 13.9. The van der Waals surface area contributed by atoms with Crippen LogP contribution in [0.4, 0.5) is 14.5 Å². The molecule has 1 aromatic carbocycles. The predicted octanol–water partition coefficient (Wildman–Crippen LogP) is 1.71. The van der Waals surface area contributed by atoms with Gasteiger partial charge in [0, 0.05) is 6.07 Å². The molecule has 0 bridgehead atoms. The topological polar surface area (TPSA) is 58.2 Å². The van der Waals surface area contributed by atoms with Crippen LogP contribution in [0.15, 0.2) is 18.2 Å². The van der Waals surface area contributed by atoms with Gasteiger partial charge < -0.3 is 5.32 Å². The number of nitrogens with one attached hydrogen (secondary N) is 2. The van der Waals surface area contributed by atoms with Crippen LogP contribution in [-0.4, -0.2) is 27.3 Å². The highest BCUT2D eigenvalue weighted by Gasteiger charge is 2.21. The van der Waals surface area contributed by atoms with Crippen LogP contribution in [0.3, 0.4) is 0 Å². The molecule has 2 rings (SSSR count). The molecule has 0 spiro atoms. The number of sulfonamides is 1. The van der Waals surface area contributed by atoms with E-state index >= 15 is 0 Å². The molecule has 19 heavy (non-hydrogen) atoms. The van der Waals surface area contributed by atoms with E-state index in [0.717, 1.165) is 31.5 Å². The minimum absolute atomic E-state index is 0.0321. The quantitative estimate of drug-likeness (QED) is 0.887. The monoisotopic (exact) mass is 290 g/mol. The first-order valence-corrected chi connectivity index (χ1v) is 7.77. The molecule has 1 heterocycles. The van der Waals surface area contributed by atoms with E-state index < -0.39 is 21.7 Å². The van der Waals surface area contributed by atoms with E-state index in [4.69, 9.17) is 0 Å². The lowest BCUT2D eigenvalue weighted by Gasteiger charge is -2.22. The van der Waals surface area contributed by atoms with Crippen LogP contribution in [0, 0.1) is 17.6 Å². The average molecular weight is 290 g/mol. The highest BCUT2D eigenvalue weighted by Crippen LogP contribution is 2.17. The molecular formula is C12H16F2N2O2S. The van der Waals surface area contributed by atoms with Crippen LogP contribution < -0.4 is 10.0 Å². The molecule has 1 atom stereocenters. The Morgan fingerprint density at radius 3 is 2.53 bits per heavy atom. The van der Waals surface area contributed by atoms with Gasteiger partial charge in [-0.2, -0.15) is 0 Å². The van der Waals surface area contributed by atoms with Gasteiger partial charge in [0.1, 0.15) is 11.6 Å². The van der Waals surface area contributed by atoms with Gasteiger partial charge in [-0.15, -0.1) is 0 Å². The highest BCUT2D eigenvalue weighted by atomic mass is 32.2. The minimum Gasteiger partial charge on any atom is -0.316 e. The van der Waals surface area contributed by atoms with Gasteiger partial charge >= 0.3 is 0 Å². The van der Waals surface area contributed by atoms with Crippen molar-refractivity contribution in [2.45, 2.75) is 12.8 Å². The Morgan fingerprint density at radius 2 is 1.95 bits per heavy atom. The van der Waals surface area contributed by atoms with Gasteiger partial charge in [0.15, 0.2) is 0 Å². The van der Waals surface area contributed by atoms with Crippen molar-refractivity contribution in [3.8, 4) is 0 Å². The standard InChI is InChI=1S/C12H16F2N2O2S/c13-10-4-11(14)6-12(5-10)16-19(17,18)8-9-2-1-3-15-7-9/h4-6,9,15-16H,1-3,7-8H2. The van der Waals surface area contributed by atoms with Gasteiger partial charge in [-0.05, 0) is 44.0 Å². The van der Waals surface area contributed by atoms with Crippen molar-refractivity contribution in [2.75, 3.05) is 23.6 Å². The Labute approximate surface area is 111 Å². The Balaban J connectivity index is 2.03. The second-order valence-electron chi connectivity index (χ2n) is 4.75. The minimum atomic E-state index is -3.59. The molecular weight excluding hydrogens is 274 g/mol. The summed E-state index contributed by atoms with van der Waals surface area (Å²) < 4.78 is 52.0. The first-order chi connectivity index (χ1) is 8.94. The number of rotatable bonds is 4. The van der Waals surface area contributed by atoms with Gasteiger partial charge in [0.25, 0.3) is 0 Å². The molecule has 1 aliphatic rings. The molecule has 2 N–H and O–H groups in total. The average Bonchev–Trinajstić information content (AvgIpc) is 2.27. The molecule has 0 saturated carbocycles. The molecule has 4 nitrogen and oxygen atoms in total. The van der Waals surface area contributed by atoms with Gasteiger partial charge in [-0.25, -0.2) is 17.2 Å². The molecule has 0 aliphatic carbocycles. The van der Waals surface area contributed by atoms with Crippen molar-refractivity contribution in [3.05, 3.63) is 29.8 Å². The molecule has 7 heteroatoms. The number of piperidine rings is 1. The van der Waals surface area contributed by atoms with Crippen LogP contribution in [0.2, 0.25) is 0 Å². The number of benzene rings is 1. The highest BCUT2D eigenvalue weighted by molar-refractivity contribution is 7.92. The van der Waals surface area contributed by atoms with Gasteiger partial charge in [-0.3, -0.25) is 4.72 Å². The molecule has 1 saturated heterocycles. The second kappa shape index (κ2) is 5.83. The summed E-state index contributed by atoms with van der Waals surface area (Å²) >= 11 is 0. The van der Waals surface area contributed by atoms with E-state index in [2.05, 4.69) is 10.0 Å². The van der Waals surface area contributed by atoms with E-state index in [9.17, 15) is 17.2 Å². The maximum atomic E-state index is 13.0. The van der Waals surface area contributed by atoms with Crippen molar-refractivity contribution in [3.63, 3.8) is 0 Å². The number of hydrogen-bond donors (Lipinski definition) is 2. The molecule has 1 aliphatic heterocycles. The third-order valence-electron chi connectivity index (χ3n) is 2.99. The zero-order valence-electron chi connectivity index (χ0n) is 10.3. The molecule has 1 fully saturated rings. The molecule has 1 aromatic rings. The largest absolute Gasteiger partial charge is 0.316 e. The zero-order valence-corrected chi connectivity index (χ0v) is 11.1. The Kier molecular flexibility index (Phi) is 4.36. The maximum absolute atomic E-state index is 13.0. The fourth-order valence-corrected chi connectivity index (χ4v) is 3.68. The number of anilines is 1. The van der Waals surface area contributed by atoms with Crippen molar-refractivity contribution < 1.29 is 17.2 Å². The summed E-state index contributed by atoms with van der Waals surface area (Å²) in [6.07, 6.45) is 1.78. The predicted molar refractivity (Wildman–Crippen MR) is 69.4 cm³/mol. The fraction of sp³-hybridized carbons (Fsp3) is 0.500. The lowest BCUT2D eigenvalue weighted by atomic mass is 10.0. The summed E-state index contributed by atoms with van der Waals surface area (Å²) in [7, 11) is -3.59. The summed E-state index contributed by atoms with van der Waals surface area (Å²) in [6.45, 7) is 1.55. The van der Waals surface area contributed by atoms with Crippen molar-refractivity contribution in [1.82, 2.24) is 5.32 Å². The summed E-state index contributed by atoms with van der Waals surface area (Å²) in [5.74, 6) is -1.63. The fourth-order valence-electron chi connectivity index (χ4n) is 2.21. The van der Waals surface area contributed by atoms with Crippen LogP contribution >= 0.6 is 0 Å². The first-order valence-electron chi connectivity index (χ1n) is 6.12. The van der Waals surface area contributed by atoms with E-state index in [0.29, 0.717) is 12.6 Å². The maximum Gasteiger partial charge on any atom is 0.233 e. The van der Waals surface area contributed by atoms with Crippen molar-refractivity contribution >= 4 is 15.7 Å². The van der Waals surface area contributed by atoms with Gasteiger partial charge in [0.05, 0.1) is 11.4 Å². The van der Waals surface area contributed by atoms with Crippen LogP contribution in [0.1, 0.15) is 12.8 Å². The lowest BCUT2D eigenvalue weighted by molar-refractivity contribution is 0.404. The summed E-state index contributed by atoms with van der Waals surface area (Å²) in [5.41, 5.74) is -0.0822. The number of hydrogen-bond acceptors (Lipinski definition) is 3. The van der Waals surface area contributed by atoms with Gasteiger partial charge in [0.2, 0.25) is 10.0 Å². The summed E-state index contributed by atoms with van der Waals surface area (Å²) in [5, 5.41) is 3.13. The molecule has 1 unspecified atom stereocenters. The summed E-state index contributed by atoms with van der Waals surface area (Å²) in [6, 6.07) is 2.61. The Bertz CT molecular complexity index is 522. The third-order valence-corrected chi connectivity index (χ3v) is 4.45. The molecule has 0 amide bonds. The van der Waals surface area contributed by atoms with Crippen molar-refractivity contribution in [1.29, 1.82) is 0 Å². The van der Waals surface area contributed by atoms with Crippen molar-refractivity contribution in [2.24, 2.45) is 5.92 Å². The lowest BCUT2D eigenvalue weighted by Crippen LogP contribution is -2.35. The van der Waals surface area contributed by atoms with E-state index in [-0.39, 0.29) is 17.4 Å². The van der Waals surface area contributed by atoms with E-state index in [1.54, 1.807) is 0 Å². The normalized spacial score (nSPS) is 20.2. The van der Waals surface area contributed by atoms with Crippen LogP contribution in [0.5, 0.6) is 0 Å².